The maximum absolute atomic E-state index is 3.51. The second-order valence-corrected chi connectivity index (χ2v) is 8.55. The Balaban J connectivity index is 1.15. The first kappa shape index (κ1) is 21.5. The quantitative estimate of drug-likeness (QED) is 0.253. The number of anilines is 4. The summed E-state index contributed by atoms with van der Waals surface area (Å²) in [6, 6.07) is 46.9. The lowest BCUT2D eigenvalue weighted by molar-refractivity contribution is 1.19. The zero-order valence-electron chi connectivity index (χ0n) is 19.1. The third kappa shape index (κ3) is 5.93. The Morgan fingerprint density at radius 1 is 0.294 bits per heavy atom. The van der Waals surface area contributed by atoms with Gasteiger partial charge in [0.1, 0.15) is 0 Å². The van der Waals surface area contributed by atoms with Gasteiger partial charge in [0.15, 0.2) is 0 Å². The van der Waals surface area contributed by atoms with Gasteiger partial charge in [-0.15, -0.1) is 0 Å². The molecule has 34 heavy (non-hydrogen) atoms. The first-order valence-electron chi connectivity index (χ1n) is 11.7. The normalized spacial score (nSPS) is 10.6. The SMILES string of the molecule is c1ccc(Cc2ccc(Nc3ccc(Cc4ccc(Nc5ccccc5)cc4)cc3)cc2)cc1. The average molecular weight is 441 g/mol. The van der Waals surface area contributed by atoms with Crippen molar-refractivity contribution in [1.29, 1.82) is 0 Å². The Hall–Kier alpha value is -4.30. The molecule has 5 rings (SSSR count). The van der Waals surface area contributed by atoms with Crippen molar-refractivity contribution in [2.75, 3.05) is 10.6 Å². The minimum Gasteiger partial charge on any atom is -0.356 e. The van der Waals surface area contributed by atoms with Crippen molar-refractivity contribution < 1.29 is 0 Å². The van der Waals surface area contributed by atoms with Crippen LogP contribution in [0.5, 0.6) is 0 Å². The monoisotopic (exact) mass is 440 g/mol. The van der Waals surface area contributed by atoms with Crippen molar-refractivity contribution in [3.8, 4) is 0 Å². The molecule has 0 saturated carbocycles. The summed E-state index contributed by atoms with van der Waals surface area (Å²) >= 11 is 0. The van der Waals surface area contributed by atoms with E-state index in [1.54, 1.807) is 0 Å². The van der Waals surface area contributed by atoms with Crippen molar-refractivity contribution >= 4 is 22.7 Å². The molecule has 0 unspecified atom stereocenters. The molecule has 5 aromatic rings. The number of benzene rings is 5. The van der Waals surface area contributed by atoms with Crippen LogP contribution in [-0.2, 0) is 12.8 Å². The van der Waals surface area contributed by atoms with E-state index in [1.165, 1.54) is 22.3 Å². The van der Waals surface area contributed by atoms with Gasteiger partial charge in [-0.2, -0.15) is 0 Å². The van der Waals surface area contributed by atoms with Crippen molar-refractivity contribution in [2.24, 2.45) is 0 Å². The van der Waals surface area contributed by atoms with Gasteiger partial charge in [0.25, 0.3) is 0 Å². The van der Waals surface area contributed by atoms with Crippen molar-refractivity contribution in [3.63, 3.8) is 0 Å². The van der Waals surface area contributed by atoms with E-state index in [1.807, 2.05) is 18.2 Å². The van der Waals surface area contributed by atoms with Gasteiger partial charge in [0, 0.05) is 22.7 Å². The lowest BCUT2D eigenvalue weighted by atomic mass is 10.0. The highest BCUT2D eigenvalue weighted by molar-refractivity contribution is 5.61. The fourth-order valence-corrected chi connectivity index (χ4v) is 4.04. The molecule has 0 bridgehead atoms. The van der Waals surface area contributed by atoms with Gasteiger partial charge < -0.3 is 10.6 Å². The molecule has 0 aliphatic rings. The molecule has 0 aromatic heterocycles. The van der Waals surface area contributed by atoms with Crippen LogP contribution in [0.25, 0.3) is 0 Å². The molecule has 0 radical (unpaired) electrons. The summed E-state index contributed by atoms with van der Waals surface area (Å²) in [6.45, 7) is 0. The van der Waals surface area contributed by atoms with Crippen molar-refractivity contribution in [1.82, 2.24) is 0 Å². The van der Waals surface area contributed by atoms with Crippen LogP contribution < -0.4 is 10.6 Å². The first-order chi connectivity index (χ1) is 16.8. The number of hydrogen-bond acceptors (Lipinski definition) is 2. The molecule has 0 atom stereocenters. The van der Waals surface area contributed by atoms with Crippen LogP contribution in [0, 0.1) is 0 Å². The molecule has 0 saturated heterocycles. The number of hydrogen-bond donors (Lipinski definition) is 2. The number of nitrogens with one attached hydrogen (secondary N) is 2. The molecule has 2 N–H and O–H groups in total. The minimum absolute atomic E-state index is 0.917. The van der Waals surface area contributed by atoms with E-state index in [-0.39, 0.29) is 0 Å². The largest absolute Gasteiger partial charge is 0.356 e. The molecule has 0 heterocycles. The molecular weight excluding hydrogens is 412 g/mol. The standard InChI is InChI=1S/C32H28N2/c1-3-7-25(8-4-1)23-26-11-19-31(20-12-26)34-32-21-15-28(16-22-32)24-27-13-17-30(18-14-27)33-29-9-5-2-6-10-29/h1-22,33-34H,23-24H2. The second-order valence-electron chi connectivity index (χ2n) is 8.55. The maximum atomic E-state index is 3.51. The summed E-state index contributed by atoms with van der Waals surface area (Å²) in [5, 5.41) is 6.94. The summed E-state index contributed by atoms with van der Waals surface area (Å²) in [6.07, 6.45) is 1.87. The topological polar surface area (TPSA) is 24.1 Å². The fraction of sp³-hybridized carbons (Fsp3) is 0.0625. The third-order valence-electron chi connectivity index (χ3n) is 5.87. The summed E-state index contributed by atoms with van der Waals surface area (Å²) in [4.78, 5) is 0. The van der Waals surface area contributed by atoms with Gasteiger partial charge in [-0.1, -0.05) is 84.9 Å². The van der Waals surface area contributed by atoms with E-state index in [4.69, 9.17) is 0 Å². The Morgan fingerprint density at radius 3 is 0.971 bits per heavy atom. The first-order valence-corrected chi connectivity index (χ1v) is 11.7. The predicted octanol–water partition coefficient (Wildman–Crippen LogP) is 8.36. The molecule has 166 valence electrons. The van der Waals surface area contributed by atoms with E-state index in [0.29, 0.717) is 0 Å². The lowest BCUT2D eigenvalue weighted by Crippen LogP contribution is -1.94. The Morgan fingerprint density at radius 2 is 0.588 bits per heavy atom. The smallest absolute Gasteiger partial charge is 0.0384 e. The molecule has 5 aromatic carbocycles. The van der Waals surface area contributed by atoms with Crippen LogP contribution in [0.2, 0.25) is 0 Å². The van der Waals surface area contributed by atoms with E-state index >= 15 is 0 Å². The zero-order valence-corrected chi connectivity index (χ0v) is 19.1. The lowest BCUT2D eigenvalue weighted by Gasteiger charge is -2.10. The highest BCUT2D eigenvalue weighted by Crippen LogP contribution is 2.21. The molecule has 2 nitrogen and oxygen atoms in total. The van der Waals surface area contributed by atoms with E-state index in [0.717, 1.165) is 35.6 Å². The second kappa shape index (κ2) is 10.5. The summed E-state index contributed by atoms with van der Waals surface area (Å²) in [7, 11) is 0. The zero-order chi connectivity index (χ0) is 23.0. The highest BCUT2D eigenvalue weighted by Gasteiger charge is 2.01. The molecule has 2 heteroatoms. The van der Waals surface area contributed by atoms with Crippen molar-refractivity contribution in [3.05, 3.63) is 156 Å². The van der Waals surface area contributed by atoms with Crippen LogP contribution in [0.15, 0.2) is 133 Å². The molecule has 0 aliphatic carbocycles. The molecule has 0 amide bonds. The van der Waals surface area contributed by atoms with Gasteiger partial charge in [-0.3, -0.25) is 0 Å². The summed E-state index contributed by atoms with van der Waals surface area (Å²) in [5.41, 5.74) is 9.65. The third-order valence-corrected chi connectivity index (χ3v) is 5.87. The Kier molecular flexibility index (Phi) is 6.68. The molecular formula is C32H28N2. The van der Waals surface area contributed by atoms with Crippen LogP contribution in [0.3, 0.4) is 0 Å². The van der Waals surface area contributed by atoms with Crippen LogP contribution >= 0.6 is 0 Å². The van der Waals surface area contributed by atoms with E-state index in [9.17, 15) is 0 Å². The van der Waals surface area contributed by atoms with Gasteiger partial charge in [0.2, 0.25) is 0 Å². The van der Waals surface area contributed by atoms with Gasteiger partial charge >= 0.3 is 0 Å². The van der Waals surface area contributed by atoms with Gasteiger partial charge in [-0.25, -0.2) is 0 Å². The highest BCUT2D eigenvalue weighted by atomic mass is 14.9. The number of rotatable bonds is 8. The fourth-order valence-electron chi connectivity index (χ4n) is 4.04. The minimum atomic E-state index is 0.917. The van der Waals surface area contributed by atoms with Crippen LogP contribution in [0.4, 0.5) is 22.7 Å². The Labute approximate surface area is 201 Å². The Bertz CT molecular complexity index is 1190. The molecule has 0 fully saturated rings. The average Bonchev–Trinajstić information content (AvgIpc) is 2.89. The van der Waals surface area contributed by atoms with Crippen molar-refractivity contribution in [2.45, 2.75) is 12.8 Å². The van der Waals surface area contributed by atoms with Crippen LogP contribution in [-0.4, -0.2) is 0 Å². The summed E-state index contributed by atoms with van der Waals surface area (Å²) < 4.78 is 0. The van der Waals surface area contributed by atoms with E-state index in [2.05, 4.69) is 126 Å². The van der Waals surface area contributed by atoms with Gasteiger partial charge in [-0.05, 0) is 83.6 Å². The van der Waals surface area contributed by atoms with E-state index < -0.39 is 0 Å². The van der Waals surface area contributed by atoms with Crippen LogP contribution in [0.1, 0.15) is 22.3 Å². The molecule has 0 spiro atoms. The predicted molar refractivity (Wildman–Crippen MR) is 144 cm³/mol. The van der Waals surface area contributed by atoms with Gasteiger partial charge in [0.05, 0.1) is 0 Å². The maximum Gasteiger partial charge on any atom is 0.0384 e. The summed E-state index contributed by atoms with van der Waals surface area (Å²) in [5.74, 6) is 0. The molecule has 0 aliphatic heterocycles. The number of para-hydroxylation sites is 1.